The molecule has 0 aromatic rings. The smallest absolute Gasteiger partial charge is 0.328 e. The largest absolute Gasteiger partial charge is 0.480 e. The number of hydrogen-bond acceptors (Lipinski definition) is 9. The van der Waals surface area contributed by atoms with Crippen molar-refractivity contribution in [1.82, 2.24) is 16.0 Å². The van der Waals surface area contributed by atoms with Crippen LogP contribution in [-0.2, 0) is 19.2 Å². The van der Waals surface area contributed by atoms with Crippen molar-refractivity contribution in [2.24, 2.45) is 11.5 Å². The molecule has 0 aliphatic carbocycles. The molecule has 0 saturated heterocycles. The van der Waals surface area contributed by atoms with Gasteiger partial charge in [-0.1, -0.05) is 0 Å². The van der Waals surface area contributed by atoms with Crippen LogP contribution in [0.25, 0.3) is 0 Å². The summed E-state index contributed by atoms with van der Waals surface area (Å²) in [6.45, 7) is 0.799. The summed E-state index contributed by atoms with van der Waals surface area (Å²) in [7, 11) is 0. The molecule has 3 amide bonds. The number of rotatable bonds is 14. The maximum Gasteiger partial charge on any atom is 0.328 e. The fraction of sp³-hybridized carbons (Fsp3) is 0.750. The number of aliphatic carboxylic acids is 1. The summed E-state index contributed by atoms with van der Waals surface area (Å²) in [6, 6.07) is -5.10. The van der Waals surface area contributed by atoms with Gasteiger partial charge in [0.25, 0.3) is 0 Å². The number of aliphatic hydroxyl groups is 2. The van der Waals surface area contributed by atoms with E-state index in [2.05, 4.69) is 28.6 Å². The van der Waals surface area contributed by atoms with Crippen molar-refractivity contribution in [3.8, 4) is 0 Å². The van der Waals surface area contributed by atoms with Crippen molar-refractivity contribution in [3.63, 3.8) is 0 Å². The lowest BCUT2D eigenvalue weighted by Crippen LogP contribution is -2.59. The third-order valence-electron chi connectivity index (χ3n) is 3.98. The predicted octanol–water partition coefficient (Wildman–Crippen LogP) is -3.72. The molecule has 12 nitrogen and oxygen atoms in total. The van der Waals surface area contributed by atoms with Gasteiger partial charge < -0.3 is 42.7 Å². The van der Waals surface area contributed by atoms with Gasteiger partial charge >= 0.3 is 5.97 Å². The van der Waals surface area contributed by atoms with Crippen LogP contribution in [0.1, 0.15) is 26.2 Å². The topological polar surface area (TPSA) is 217 Å². The van der Waals surface area contributed by atoms with E-state index in [1.165, 1.54) is 6.92 Å². The first kappa shape index (κ1) is 27.1. The summed E-state index contributed by atoms with van der Waals surface area (Å²) in [5.41, 5.74) is 10.9. The Morgan fingerprint density at radius 3 is 2.00 bits per heavy atom. The van der Waals surface area contributed by atoms with E-state index in [9.17, 15) is 29.4 Å². The minimum Gasteiger partial charge on any atom is -0.480 e. The van der Waals surface area contributed by atoms with Crippen LogP contribution in [0.3, 0.4) is 0 Å². The first-order valence-electron chi connectivity index (χ1n) is 9.08. The van der Waals surface area contributed by atoms with Crippen LogP contribution in [-0.4, -0.2) is 88.2 Å². The molecule has 5 atom stereocenters. The van der Waals surface area contributed by atoms with Crippen molar-refractivity contribution in [1.29, 1.82) is 0 Å². The molecule has 0 fully saturated rings. The normalized spacial score (nSPS) is 16.1. The highest BCUT2D eigenvalue weighted by atomic mass is 32.1. The van der Waals surface area contributed by atoms with Crippen LogP contribution >= 0.6 is 12.6 Å². The van der Waals surface area contributed by atoms with Gasteiger partial charge in [0.1, 0.15) is 12.1 Å². The van der Waals surface area contributed by atoms with Gasteiger partial charge in [-0.3, -0.25) is 14.4 Å². The molecule has 0 bridgehead atoms. The maximum absolute atomic E-state index is 12.5. The van der Waals surface area contributed by atoms with Gasteiger partial charge in [-0.2, -0.15) is 12.6 Å². The Bertz CT molecular complexity index is 564. The van der Waals surface area contributed by atoms with E-state index in [4.69, 9.17) is 16.6 Å². The van der Waals surface area contributed by atoms with Crippen LogP contribution in [0.15, 0.2) is 0 Å². The molecule has 0 aromatic carbocycles. The number of carbonyl (C=O) groups excluding carboxylic acids is 3. The number of nitrogens with one attached hydrogen (secondary N) is 3. The lowest BCUT2D eigenvalue weighted by Gasteiger charge is -2.25. The number of amides is 3. The van der Waals surface area contributed by atoms with Crippen LogP contribution in [0.5, 0.6) is 0 Å². The fourth-order valence-electron chi connectivity index (χ4n) is 2.23. The minimum atomic E-state index is -1.57. The van der Waals surface area contributed by atoms with Crippen LogP contribution in [0.4, 0.5) is 0 Å². The quantitative estimate of drug-likeness (QED) is 0.0962. The van der Waals surface area contributed by atoms with Crippen molar-refractivity contribution in [3.05, 3.63) is 0 Å². The lowest BCUT2D eigenvalue weighted by molar-refractivity contribution is -0.145. The molecule has 0 saturated carbocycles. The Morgan fingerprint density at radius 2 is 1.55 bits per heavy atom. The fourth-order valence-corrected chi connectivity index (χ4v) is 2.40. The third-order valence-corrected chi connectivity index (χ3v) is 4.37. The molecule has 0 rings (SSSR count). The molecule has 10 N–H and O–H groups in total. The second-order valence-electron chi connectivity index (χ2n) is 6.44. The summed E-state index contributed by atoms with van der Waals surface area (Å²) in [5.74, 6) is -3.83. The molecule has 0 spiro atoms. The zero-order valence-corrected chi connectivity index (χ0v) is 17.1. The van der Waals surface area contributed by atoms with E-state index in [1.807, 2.05) is 0 Å². The molecular formula is C16H31N5O7S. The number of unbranched alkanes of at least 4 members (excludes halogenated alkanes) is 1. The molecule has 29 heavy (non-hydrogen) atoms. The molecule has 5 unspecified atom stereocenters. The van der Waals surface area contributed by atoms with E-state index in [0.29, 0.717) is 19.4 Å². The first-order valence-corrected chi connectivity index (χ1v) is 9.71. The molecule has 0 aliphatic heterocycles. The second-order valence-corrected chi connectivity index (χ2v) is 6.81. The maximum atomic E-state index is 12.5. The highest BCUT2D eigenvalue weighted by Gasteiger charge is 2.31. The van der Waals surface area contributed by atoms with Gasteiger partial charge in [-0.05, 0) is 32.7 Å². The van der Waals surface area contributed by atoms with Crippen LogP contribution < -0.4 is 27.4 Å². The summed E-state index contributed by atoms with van der Waals surface area (Å²) in [6.07, 6.45) is -0.246. The van der Waals surface area contributed by atoms with Gasteiger partial charge in [-0.15, -0.1) is 0 Å². The Morgan fingerprint density at radius 1 is 1.00 bits per heavy atom. The Labute approximate surface area is 174 Å². The standard InChI is InChI=1S/C16H31N5O7S/c1-8(23)12(16(27)28)21-14(25)10(4-2-3-5-17)19-15(26)11(6-22)20-13(24)9(18)7-29/h8-12,22-23,29H,2-7,17-18H2,1H3,(H,19,26)(H,20,24)(H,21,25)(H,27,28). The van der Waals surface area contributed by atoms with Crippen LogP contribution in [0.2, 0.25) is 0 Å². The van der Waals surface area contributed by atoms with E-state index < -0.39 is 60.6 Å². The van der Waals surface area contributed by atoms with Crippen molar-refractivity contribution >= 4 is 36.3 Å². The zero-order valence-electron chi connectivity index (χ0n) is 16.2. The molecule has 0 aromatic heterocycles. The van der Waals surface area contributed by atoms with E-state index in [1.54, 1.807) is 0 Å². The number of thiol groups is 1. The second kappa shape index (κ2) is 14.1. The molecule has 13 heteroatoms. The number of carboxylic acid groups (broad SMARTS) is 1. The SMILES string of the molecule is CC(O)C(NC(=O)C(CCCCN)NC(=O)C(CO)NC(=O)C(N)CS)C(=O)O. The third kappa shape index (κ3) is 9.89. The number of carboxylic acids is 1. The molecule has 0 aliphatic rings. The summed E-state index contributed by atoms with van der Waals surface area (Å²) in [4.78, 5) is 47.9. The number of aliphatic hydroxyl groups excluding tert-OH is 2. The summed E-state index contributed by atoms with van der Waals surface area (Å²) in [5, 5.41) is 34.8. The summed E-state index contributed by atoms with van der Waals surface area (Å²) < 4.78 is 0. The Balaban J connectivity index is 5.23. The highest BCUT2D eigenvalue weighted by Crippen LogP contribution is 2.04. The molecule has 168 valence electrons. The molecule has 0 radical (unpaired) electrons. The number of carbonyl (C=O) groups is 4. The van der Waals surface area contributed by atoms with Gasteiger partial charge in [-0.25, -0.2) is 4.79 Å². The Hall–Kier alpha value is -1.93. The van der Waals surface area contributed by atoms with Crippen LogP contribution in [0, 0.1) is 0 Å². The van der Waals surface area contributed by atoms with Crippen molar-refractivity contribution in [2.45, 2.75) is 56.5 Å². The van der Waals surface area contributed by atoms with E-state index in [0.717, 1.165) is 0 Å². The number of hydrogen-bond donors (Lipinski definition) is 9. The summed E-state index contributed by atoms with van der Waals surface area (Å²) >= 11 is 3.87. The minimum absolute atomic E-state index is 0.0195. The predicted molar refractivity (Wildman–Crippen MR) is 107 cm³/mol. The van der Waals surface area contributed by atoms with E-state index >= 15 is 0 Å². The first-order chi connectivity index (χ1) is 13.6. The zero-order chi connectivity index (χ0) is 22.6. The van der Waals surface area contributed by atoms with Crippen molar-refractivity contribution < 1.29 is 34.5 Å². The Kier molecular flexibility index (Phi) is 13.2. The lowest BCUT2D eigenvalue weighted by atomic mass is 10.1. The molecular weight excluding hydrogens is 406 g/mol. The van der Waals surface area contributed by atoms with Gasteiger partial charge in [0.2, 0.25) is 17.7 Å². The molecule has 0 heterocycles. The van der Waals surface area contributed by atoms with E-state index in [-0.39, 0.29) is 12.2 Å². The average molecular weight is 438 g/mol. The van der Waals surface area contributed by atoms with Gasteiger partial charge in [0, 0.05) is 5.75 Å². The monoisotopic (exact) mass is 437 g/mol. The average Bonchev–Trinajstić information content (AvgIpc) is 2.67. The van der Waals surface area contributed by atoms with Crippen molar-refractivity contribution in [2.75, 3.05) is 18.9 Å². The number of nitrogens with two attached hydrogens (primary N) is 2. The van der Waals surface area contributed by atoms with Gasteiger partial charge in [0.15, 0.2) is 6.04 Å². The highest BCUT2D eigenvalue weighted by molar-refractivity contribution is 7.80. The van der Waals surface area contributed by atoms with Gasteiger partial charge in [0.05, 0.1) is 18.8 Å².